The van der Waals surface area contributed by atoms with Crippen LogP contribution in [0.2, 0.25) is 0 Å². The van der Waals surface area contributed by atoms with Gasteiger partial charge in [0.15, 0.2) is 6.29 Å². The van der Waals surface area contributed by atoms with E-state index in [-0.39, 0.29) is 12.3 Å². The zero-order chi connectivity index (χ0) is 11.7. The van der Waals surface area contributed by atoms with Crippen LogP contribution in [0.15, 0.2) is 18.2 Å². The van der Waals surface area contributed by atoms with Gasteiger partial charge in [0.25, 0.3) is 0 Å². The van der Waals surface area contributed by atoms with Crippen molar-refractivity contribution in [3.63, 3.8) is 0 Å². The highest BCUT2D eigenvalue weighted by molar-refractivity contribution is 5.92. The fraction of sp³-hybridized carbons (Fsp3) is 0.462. The molecule has 1 aromatic rings. The van der Waals surface area contributed by atoms with E-state index in [9.17, 15) is 4.79 Å². The Morgan fingerprint density at radius 1 is 1.18 bits per heavy atom. The van der Waals surface area contributed by atoms with Gasteiger partial charge in [-0.1, -0.05) is 12.1 Å². The van der Waals surface area contributed by atoms with Crippen LogP contribution in [-0.4, -0.2) is 32.1 Å². The predicted octanol–water partition coefficient (Wildman–Crippen LogP) is 1.31. The molecule has 0 unspecified atom stereocenters. The van der Waals surface area contributed by atoms with Gasteiger partial charge in [-0.15, -0.1) is 0 Å². The van der Waals surface area contributed by atoms with Gasteiger partial charge in [0.05, 0.1) is 25.4 Å². The van der Waals surface area contributed by atoms with Crippen LogP contribution in [0, 0.1) is 0 Å². The second kappa shape index (κ2) is 4.47. The first-order valence-corrected chi connectivity index (χ1v) is 5.85. The van der Waals surface area contributed by atoms with Crippen LogP contribution in [0.3, 0.4) is 0 Å². The van der Waals surface area contributed by atoms with Crippen molar-refractivity contribution < 1.29 is 19.0 Å². The summed E-state index contributed by atoms with van der Waals surface area (Å²) in [7, 11) is 0. The first-order valence-electron chi connectivity index (χ1n) is 5.85. The topological polar surface area (TPSA) is 44.8 Å². The Kier molecular flexibility index (Phi) is 2.82. The number of ether oxygens (including phenoxy) is 3. The van der Waals surface area contributed by atoms with Crippen LogP contribution >= 0.6 is 0 Å². The van der Waals surface area contributed by atoms with Crippen molar-refractivity contribution in [1.82, 2.24) is 0 Å². The van der Waals surface area contributed by atoms with E-state index < -0.39 is 0 Å². The van der Waals surface area contributed by atoms with Crippen LogP contribution < -0.4 is 0 Å². The maximum absolute atomic E-state index is 11.5. The summed E-state index contributed by atoms with van der Waals surface area (Å²) >= 11 is 0. The summed E-state index contributed by atoms with van der Waals surface area (Å²) in [6.07, 6.45) is 1.40. The number of benzene rings is 1. The molecule has 0 amide bonds. The molecule has 4 nitrogen and oxygen atoms in total. The van der Waals surface area contributed by atoms with Crippen molar-refractivity contribution in [3.8, 4) is 0 Å². The molecule has 2 aliphatic rings. The third kappa shape index (κ3) is 2.18. The van der Waals surface area contributed by atoms with Gasteiger partial charge in [-0.25, -0.2) is 4.79 Å². The Balaban J connectivity index is 1.80. The number of carbonyl (C=O) groups is 1. The van der Waals surface area contributed by atoms with Gasteiger partial charge in [0.2, 0.25) is 0 Å². The molecule has 0 bridgehead atoms. The van der Waals surface area contributed by atoms with E-state index in [0.29, 0.717) is 25.4 Å². The predicted molar refractivity (Wildman–Crippen MR) is 59.8 cm³/mol. The van der Waals surface area contributed by atoms with Crippen molar-refractivity contribution in [2.75, 3.05) is 19.8 Å². The molecule has 1 saturated heterocycles. The highest BCUT2D eigenvalue weighted by atomic mass is 16.7. The monoisotopic (exact) mass is 234 g/mol. The van der Waals surface area contributed by atoms with Gasteiger partial charge in [-0.2, -0.15) is 0 Å². The van der Waals surface area contributed by atoms with Crippen molar-refractivity contribution in [1.29, 1.82) is 0 Å². The lowest BCUT2D eigenvalue weighted by atomic mass is 9.98. The Labute approximate surface area is 99.5 Å². The molecular weight excluding hydrogens is 220 g/mol. The molecule has 90 valence electrons. The first kappa shape index (κ1) is 10.7. The molecule has 0 spiro atoms. The van der Waals surface area contributed by atoms with Crippen LogP contribution in [0.1, 0.15) is 21.5 Å². The molecule has 0 N–H and O–H groups in total. The average Bonchev–Trinajstić information content (AvgIpc) is 2.82. The molecule has 17 heavy (non-hydrogen) atoms. The number of cyclic esters (lactones) is 1. The molecule has 0 atom stereocenters. The molecule has 4 heteroatoms. The Morgan fingerprint density at radius 3 is 2.82 bits per heavy atom. The number of carbonyl (C=O) groups excluding carboxylic acids is 1. The molecule has 2 aliphatic heterocycles. The number of hydrogen-bond acceptors (Lipinski definition) is 4. The zero-order valence-corrected chi connectivity index (χ0v) is 9.48. The lowest BCUT2D eigenvalue weighted by Crippen LogP contribution is -2.18. The Hall–Kier alpha value is -1.39. The summed E-state index contributed by atoms with van der Waals surface area (Å²) in [5.74, 6) is -0.217. The van der Waals surface area contributed by atoms with E-state index in [4.69, 9.17) is 14.2 Å². The summed E-state index contributed by atoms with van der Waals surface area (Å²) in [6.45, 7) is 1.82. The maximum Gasteiger partial charge on any atom is 0.338 e. The molecule has 3 rings (SSSR count). The van der Waals surface area contributed by atoms with Gasteiger partial charge < -0.3 is 14.2 Å². The van der Waals surface area contributed by atoms with Crippen molar-refractivity contribution in [3.05, 3.63) is 34.9 Å². The minimum absolute atomic E-state index is 0.136. The minimum atomic E-state index is -0.217. The molecule has 0 radical (unpaired) electrons. The molecule has 2 heterocycles. The van der Waals surface area contributed by atoms with Crippen LogP contribution in [0.25, 0.3) is 0 Å². The second-order valence-electron chi connectivity index (χ2n) is 4.25. The van der Waals surface area contributed by atoms with E-state index in [1.165, 1.54) is 0 Å². The van der Waals surface area contributed by atoms with Gasteiger partial charge in [-0.3, -0.25) is 0 Å². The van der Waals surface area contributed by atoms with Crippen molar-refractivity contribution in [2.45, 2.75) is 19.1 Å². The SMILES string of the molecule is O=C1OCCc2cc(CC3OCCO3)ccc21. The summed E-state index contributed by atoms with van der Waals surface area (Å²) in [5.41, 5.74) is 2.90. The number of hydrogen-bond donors (Lipinski definition) is 0. The first-order chi connectivity index (χ1) is 8.33. The quantitative estimate of drug-likeness (QED) is 0.724. The summed E-state index contributed by atoms with van der Waals surface area (Å²) in [6, 6.07) is 5.83. The van der Waals surface area contributed by atoms with Gasteiger partial charge in [0, 0.05) is 12.8 Å². The summed E-state index contributed by atoms with van der Waals surface area (Å²) in [4.78, 5) is 11.5. The van der Waals surface area contributed by atoms with Gasteiger partial charge in [-0.05, 0) is 17.2 Å². The number of fused-ring (bicyclic) bond motifs is 1. The van der Waals surface area contributed by atoms with Gasteiger partial charge >= 0.3 is 5.97 Å². The third-order valence-electron chi connectivity index (χ3n) is 3.09. The van der Waals surface area contributed by atoms with Crippen molar-refractivity contribution in [2.24, 2.45) is 0 Å². The third-order valence-corrected chi connectivity index (χ3v) is 3.09. The standard InChI is InChI=1S/C13H14O4/c14-13-11-2-1-9(7-10(11)3-4-17-13)8-12-15-5-6-16-12/h1-2,7,12H,3-6,8H2. The lowest BCUT2D eigenvalue weighted by Gasteiger charge is -2.17. The van der Waals surface area contributed by atoms with E-state index in [2.05, 4.69) is 6.07 Å². The second-order valence-corrected chi connectivity index (χ2v) is 4.25. The van der Waals surface area contributed by atoms with Gasteiger partial charge in [0.1, 0.15) is 0 Å². The maximum atomic E-state index is 11.5. The van der Waals surface area contributed by atoms with E-state index in [0.717, 1.165) is 24.0 Å². The molecule has 1 fully saturated rings. The highest BCUT2D eigenvalue weighted by Gasteiger charge is 2.20. The van der Waals surface area contributed by atoms with Crippen LogP contribution in [-0.2, 0) is 27.1 Å². The number of esters is 1. The number of rotatable bonds is 2. The lowest BCUT2D eigenvalue weighted by molar-refractivity contribution is -0.0400. The Bertz CT molecular complexity index is 435. The molecular formula is C13H14O4. The molecule has 1 aromatic carbocycles. The smallest absolute Gasteiger partial charge is 0.338 e. The average molecular weight is 234 g/mol. The molecule has 0 aromatic heterocycles. The Morgan fingerprint density at radius 2 is 2.00 bits per heavy atom. The normalized spacial score (nSPS) is 20.1. The fourth-order valence-corrected chi connectivity index (χ4v) is 2.23. The summed E-state index contributed by atoms with van der Waals surface area (Å²) < 4.78 is 15.8. The van der Waals surface area contributed by atoms with Crippen LogP contribution in [0.5, 0.6) is 0 Å². The van der Waals surface area contributed by atoms with Crippen LogP contribution in [0.4, 0.5) is 0 Å². The largest absolute Gasteiger partial charge is 0.462 e. The zero-order valence-electron chi connectivity index (χ0n) is 9.48. The highest BCUT2D eigenvalue weighted by Crippen LogP contribution is 2.20. The fourth-order valence-electron chi connectivity index (χ4n) is 2.23. The van der Waals surface area contributed by atoms with E-state index in [1.54, 1.807) is 0 Å². The van der Waals surface area contributed by atoms with E-state index >= 15 is 0 Å². The summed E-state index contributed by atoms with van der Waals surface area (Å²) in [5, 5.41) is 0. The molecule has 0 aliphatic carbocycles. The van der Waals surface area contributed by atoms with E-state index in [1.807, 2.05) is 12.1 Å². The minimum Gasteiger partial charge on any atom is -0.462 e. The molecule has 0 saturated carbocycles. The van der Waals surface area contributed by atoms with Crippen molar-refractivity contribution >= 4 is 5.97 Å².